The Labute approximate surface area is 176 Å². The van der Waals surface area contributed by atoms with Gasteiger partial charge in [-0.05, 0) is 35.9 Å². The van der Waals surface area contributed by atoms with Gasteiger partial charge in [-0.2, -0.15) is 0 Å². The molecule has 150 valence electrons. The van der Waals surface area contributed by atoms with Crippen LogP contribution in [0.4, 0.5) is 0 Å². The largest absolute Gasteiger partial charge is 0.300 e. The van der Waals surface area contributed by atoms with Crippen molar-refractivity contribution in [3.63, 3.8) is 0 Å². The number of Topliss-reactive ketones (excluding diaryl/α,β-unsaturated/α-hetero) is 1. The molecule has 0 aliphatic heterocycles. The smallest absolute Gasteiger partial charge is 0.185 e. The molecule has 7 heteroatoms. The number of aromatic nitrogens is 6. The molecule has 3 aromatic heterocycles. The van der Waals surface area contributed by atoms with E-state index in [1.807, 2.05) is 67.7 Å². The van der Waals surface area contributed by atoms with Gasteiger partial charge in [0, 0.05) is 29.8 Å². The molecule has 0 fully saturated rings. The molecule has 6 aromatic rings. The lowest BCUT2D eigenvalue weighted by atomic mass is 10.1. The Morgan fingerprint density at radius 1 is 0.968 bits per heavy atom. The molecule has 0 spiro atoms. The van der Waals surface area contributed by atoms with Crippen molar-refractivity contribution in [1.29, 1.82) is 0 Å². The molecule has 3 heterocycles. The molecule has 7 nitrogen and oxygen atoms in total. The molecule has 0 radical (unpaired) electrons. The van der Waals surface area contributed by atoms with Crippen LogP contribution in [0.5, 0.6) is 0 Å². The summed E-state index contributed by atoms with van der Waals surface area (Å²) in [6.07, 6.45) is 0.346. The summed E-state index contributed by atoms with van der Waals surface area (Å²) in [4.78, 5) is 17.3. The normalized spacial score (nSPS) is 11.6. The Morgan fingerprint density at radius 3 is 2.71 bits per heavy atom. The fraction of sp³-hybridized carbons (Fsp3) is 0.0833. The van der Waals surface area contributed by atoms with E-state index >= 15 is 0 Å². The lowest BCUT2D eigenvalue weighted by Gasteiger charge is -2.00. The molecule has 31 heavy (non-hydrogen) atoms. The number of nitrogens with zero attached hydrogens (tertiary/aromatic N) is 4. The molecule has 0 saturated heterocycles. The van der Waals surface area contributed by atoms with E-state index in [0.717, 1.165) is 49.7 Å². The second-order valence-electron chi connectivity index (χ2n) is 7.73. The van der Waals surface area contributed by atoms with Crippen molar-refractivity contribution in [3.8, 4) is 11.3 Å². The third kappa shape index (κ3) is 2.90. The first-order chi connectivity index (χ1) is 15.2. The van der Waals surface area contributed by atoms with E-state index in [0.29, 0.717) is 12.1 Å². The number of carbonyl (C=O) groups excluding carboxylic acids is 1. The number of hydrogen-bond acceptors (Lipinski definition) is 4. The van der Waals surface area contributed by atoms with Gasteiger partial charge in [0.1, 0.15) is 11.2 Å². The number of rotatable bonds is 4. The Hall–Kier alpha value is -4.26. The average Bonchev–Trinajstić information content (AvgIpc) is 3.49. The van der Waals surface area contributed by atoms with Crippen molar-refractivity contribution < 1.29 is 4.79 Å². The monoisotopic (exact) mass is 406 g/mol. The summed E-state index contributed by atoms with van der Waals surface area (Å²) in [5, 5.41) is 16.8. The molecule has 0 unspecified atom stereocenters. The average molecular weight is 406 g/mol. The highest BCUT2D eigenvalue weighted by molar-refractivity contribution is 6.06. The van der Waals surface area contributed by atoms with Gasteiger partial charge in [0.05, 0.1) is 22.2 Å². The quantitative estimate of drug-likeness (QED) is 0.424. The zero-order chi connectivity index (χ0) is 20.9. The summed E-state index contributed by atoms with van der Waals surface area (Å²) in [5.74, 6) is 0.0194. The predicted octanol–water partition coefficient (Wildman–Crippen LogP) is 4.42. The molecular formula is C24H18N6O. The molecule has 6 rings (SSSR count). The van der Waals surface area contributed by atoms with E-state index in [9.17, 15) is 4.79 Å². The summed E-state index contributed by atoms with van der Waals surface area (Å²) >= 11 is 0. The van der Waals surface area contributed by atoms with Crippen LogP contribution in [0.15, 0.2) is 66.7 Å². The van der Waals surface area contributed by atoms with Crippen molar-refractivity contribution in [2.75, 3.05) is 0 Å². The molecular weight excluding hydrogens is 388 g/mol. The number of ketones is 1. The van der Waals surface area contributed by atoms with Crippen molar-refractivity contribution in [2.24, 2.45) is 7.05 Å². The summed E-state index contributed by atoms with van der Waals surface area (Å²) in [6.45, 7) is 0. The predicted molar refractivity (Wildman–Crippen MR) is 120 cm³/mol. The number of aromatic amines is 2. The Balaban J connectivity index is 1.41. The van der Waals surface area contributed by atoms with E-state index in [4.69, 9.17) is 0 Å². The second-order valence-corrected chi connectivity index (χ2v) is 7.73. The minimum Gasteiger partial charge on any atom is -0.300 e. The van der Waals surface area contributed by atoms with Gasteiger partial charge in [-0.15, -0.1) is 5.10 Å². The van der Waals surface area contributed by atoms with Crippen LogP contribution in [0.2, 0.25) is 0 Å². The fourth-order valence-electron chi connectivity index (χ4n) is 4.07. The van der Waals surface area contributed by atoms with Gasteiger partial charge >= 0.3 is 0 Å². The van der Waals surface area contributed by atoms with Crippen molar-refractivity contribution in [3.05, 3.63) is 78.0 Å². The van der Waals surface area contributed by atoms with Crippen LogP contribution in [0.3, 0.4) is 0 Å². The van der Waals surface area contributed by atoms with Crippen LogP contribution in [0.25, 0.3) is 44.1 Å². The van der Waals surface area contributed by atoms with E-state index < -0.39 is 0 Å². The zero-order valence-corrected chi connectivity index (χ0v) is 16.8. The highest BCUT2D eigenvalue weighted by Gasteiger charge is 2.15. The molecule has 0 bridgehead atoms. The van der Waals surface area contributed by atoms with Gasteiger partial charge in [0.2, 0.25) is 0 Å². The molecule has 0 aliphatic rings. The SMILES string of the molecule is Cn1nnc2cc(-c3[nH][nH]c4cc5nc(C(=O)Cc6ccccc6)cc5cc34)ccc21. The van der Waals surface area contributed by atoms with Crippen LogP contribution in [-0.4, -0.2) is 36.0 Å². The van der Waals surface area contributed by atoms with Gasteiger partial charge in [0.15, 0.2) is 5.78 Å². The first kappa shape index (κ1) is 17.6. The maximum Gasteiger partial charge on any atom is 0.185 e. The van der Waals surface area contributed by atoms with Crippen molar-refractivity contribution in [1.82, 2.24) is 30.2 Å². The molecule has 0 atom stereocenters. The lowest BCUT2D eigenvalue weighted by molar-refractivity contribution is 0.0989. The van der Waals surface area contributed by atoms with E-state index in [-0.39, 0.29) is 5.78 Å². The number of hydrogen-bond donors (Lipinski definition) is 2. The molecule has 2 N–H and O–H groups in total. The Kier molecular flexibility index (Phi) is 3.76. The summed E-state index contributed by atoms with van der Waals surface area (Å²) < 4.78 is 1.76. The van der Waals surface area contributed by atoms with Gasteiger partial charge in [-0.25, -0.2) is 9.67 Å². The molecule has 3 aromatic carbocycles. The minimum atomic E-state index is 0.0194. The summed E-state index contributed by atoms with van der Waals surface area (Å²) in [5.41, 5.74) is 7.01. The van der Waals surface area contributed by atoms with E-state index in [1.165, 1.54) is 0 Å². The van der Waals surface area contributed by atoms with Crippen molar-refractivity contribution >= 4 is 38.6 Å². The number of carbonyl (C=O) groups is 1. The highest BCUT2D eigenvalue weighted by Crippen LogP contribution is 2.31. The van der Waals surface area contributed by atoms with E-state index in [1.54, 1.807) is 4.68 Å². The maximum atomic E-state index is 12.7. The summed E-state index contributed by atoms with van der Waals surface area (Å²) in [6, 6.07) is 21.7. The highest BCUT2D eigenvalue weighted by atomic mass is 16.1. The van der Waals surface area contributed by atoms with Crippen LogP contribution >= 0.6 is 0 Å². The van der Waals surface area contributed by atoms with E-state index in [2.05, 4.69) is 31.6 Å². The van der Waals surface area contributed by atoms with Gasteiger partial charge in [0.25, 0.3) is 0 Å². The number of nitrogens with one attached hydrogen (secondary N) is 2. The lowest BCUT2D eigenvalue weighted by Crippen LogP contribution is -2.03. The van der Waals surface area contributed by atoms with Crippen molar-refractivity contribution in [2.45, 2.75) is 6.42 Å². The Morgan fingerprint density at radius 2 is 1.84 bits per heavy atom. The van der Waals surface area contributed by atoms with Crippen LogP contribution in [0.1, 0.15) is 16.1 Å². The zero-order valence-electron chi connectivity index (χ0n) is 16.8. The first-order valence-electron chi connectivity index (χ1n) is 10.0. The van der Waals surface area contributed by atoms with Crippen LogP contribution < -0.4 is 0 Å². The third-order valence-corrected chi connectivity index (χ3v) is 5.68. The second kappa shape index (κ2) is 6.63. The maximum absolute atomic E-state index is 12.7. The molecule has 0 amide bonds. The van der Waals surface area contributed by atoms with Crippen LogP contribution in [-0.2, 0) is 13.5 Å². The first-order valence-corrected chi connectivity index (χ1v) is 10.0. The summed E-state index contributed by atoms with van der Waals surface area (Å²) in [7, 11) is 1.88. The number of benzene rings is 3. The third-order valence-electron chi connectivity index (χ3n) is 5.68. The number of H-pyrrole nitrogens is 2. The molecule has 0 aliphatic carbocycles. The fourth-order valence-corrected chi connectivity index (χ4v) is 4.07. The number of fused-ring (bicyclic) bond motifs is 3. The Bertz CT molecular complexity index is 1590. The number of aryl methyl sites for hydroxylation is 1. The minimum absolute atomic E-state index is 0.0194. The van der Waals surface area contributed by atoms with Gasteiger partial charge in [-0.3, -0.25) is 9.89 Å². The standard InChI is InChI=1S/C24H18N6O/c1-30-22-8-7-15(11-20(22)27-29-30)24-17-10-16-12-21(25-18(16)13-19(17)26-28-24)23(31)9-14-5-3-2-4-6-14/h2-8,10-13,26,28H,9H2,1H3. The molecule has 0 saturated carbocycles. The van der Waals surface area contributed by atoms with Crippen LogP contribution in [0, 0.1) is 0 Å². The van der Waals surface area contributed by atoms with Gasteiger partial charge in [-0.1, -0.05) is 41.6 Å². The topological polar surface area (TPSA) is 92.2 Å². The van der Waals surface area contributed by atoms with Gasteiger partial charge < -0.3 is 5.10 Å².